The first-order valence-corrected chi connectivity index (χ1v) is 7.24. The molecule has 1 unspecified atom stereocenters. The van der Waals surface area contributed by atoms with E-state index in [1.165, 1.54) is 36.2 Å². The number of rotatable bonds is 5. The van der Waals surface area contributed by atoms with Crippen molar-refractivity contribution in [3.63, 3.8) is 0 Å². The lowest BCUT2D eigenvalue weighted by Gasteiger charge is -2.25. The van der Waals surface area contributed by atoms with Gasteiger partial charge in [-0.25, -0.2) is 8.78 Å². The molecule has 0 aliphatic heterocycles. The van der Waals surface area contributed by atoms with Gasteiger partial charge < -0.3 is 4.90 Å². The number of nitro groups is 1. The Morgan fingerprint density at radius 1 is 1.21 bits per heavy atom. The van der Waals surface area contributed by atoms with Crippen LogP contribution >= 0.6 is 0 Å². The van der Waals surface area contributed by atoms with Crippen LogP contribution in [0.25, 0.3) is 0 Å². The van der Waals surface area contributed by atoms with E-state index >= 15 is 0 Å². The molecule has 0 saturated heterocycles. The zero-order valence-electron chi connectivity index (χ0n) is 13.2. The van der Waals surface area contributed by atoms with E-state index in [2.05, 4.69) is 0 Å². The zero-order valence-corrected chi connectivity index (χ0v) is 13.2. The number of hydrogen-bond acceptors (Lipinski definition) is 3. The number of halogens is 2. The second kappa shape index (κ2) is 7.16. The summed E-state index contributed by atoms with van der Waals surface area (Å²) in [6.07, 6.45) is -0.151. The molecule has 0 fully saturated rings. The Labute approximate surface area is 137 Å². The first kappa shape index (κ1) is 17.5. The largest absolute Gasteiger partial charge is 0.339 e. The Bertz CT molecular complexity index is 780. The molecule has 24 heavy (non-hydrogen) atoms. The van der Waals surface area contributed by atoms with Crippen LogP contribution in [0.5, 0.6) is 0 Å². The summed E-state index contributed by atoms with van der Waals surface area (Å²) in [7, 11) is 1.52. The summed E-state index contributed by atoms with van der Waals surface area (Å²) in [4.78, 5) is 24.2. The molecule has 0 bridgehead atoms. The van der Waals surface area contributed by atoms with Crippen molar-refractivity contribution in [1.29, 1.82) is 0 Å². The SMILES string of the molecule is CC(c1ccc(F)c(F)c1)N(C)C(=O)Cc1ccccc1[N+](=O)[O-]. The van der Waals surface area contributed by atoms with Crippen molar-refractivity contribution in [3.8, 4) is 0 Å². The van der Waals surface area contributed by atoms with E-state index < -0.39 is 22.6 Å². The molecule has 1 amide bonds. The van der Waals surface area contributed by atoms with Gasteiger partial charge in [0.1, 0.15) is 0 Å². The van der Waals surface area contributed by atoms with E-state index in [0.717, 1.165) is 12.1 Å². The number of para-hydroxylation sites is 1. The molecule has 1 atom stereocenters. The van der Waals surface area contributed by atoms with Gasteiger partial charge in [-0.3, -0.25) is 14.9 Å². The molecule has 2 aromatic rings. The summed E-state index contributed by atoms with van der Waals surface area (Å²) in [5, 5.41) is 11.0. The molecule has 0 aliphatic carbocycles. The third kappa shape index (κ3) is 3.73. The fourth-order valence-electron chi connectivity index (χ4n) is 2.34. The maximum Gasteiger partial charge on any atom is 0.273 e. The monoisotopic (exact) mass is 334 g/mol. The van der Waals surface area contributed by atoms with Gasteiger partial charge in [-0.15, -0.1) is 0 Å². The second-order valence-electron chi connectivity index (χ2n) is 5.42. The van der Waals surface area contributed by atoms with Crippen LogP contribution in [-0.4, -0.2) is 22.8 Å². The van der Waals surface area contributed by atoms with Gasteiger partial charge in [-0.2, -0.15) is 0 Å². The van der Waals surface area contributed by atoms with Crippen molar-refractivity contribution in [2.45, 2.75) is 19.4 Å². The minimum Gasteiger partial charge on any atom is -0.339 e. The van der Waals surface area contributed by atoms with Crippen LogP contribution in [0.4, 0.5) is 14.5 Å². The molecular weight excluding hydrogens is 318 g/mol. The van der Waals surface area contributed by atoms with Gasteiger partial charge in [-0.1, -0.05) is 24.3 Å². The van der Waals surface area contributed by atoms with Gasteiger partial charge in [-0.05, 0) is 24.6 Å². The van der Waals surface area contributed by atoms with Gasteiger partial charge in [0.15, 0.2) is 11.6 Å². The third-order valence-corrected chi connectivity index (χ3v) is 3.93. The van der Waals surface area contributed by atoms with Crippen LogP contribution < -0.4 is 0 Å². The molecule has 5 nitrogen and oxygen atoms in total. The lowest BCUT2D eigenvalue weighted by Crippen LogP contribution is -2.31. The smallest absolute Gasteiger partial charge is 0.273 e. The van der Waals surface area contributed by atoms with Crippen LogP contribution in [0.2, 0.25) is 0 Å². The molecule has 0 saturated carbocycles. The molecule has 0 spiro atoms. The van der Waals surface area contributed by atoms with Crippen LogP contribution in [0.1, 0.15) is 24.1 Å². The Kier molecular flexibility index (Phi) is 5.23. The number of carbonyl (C=O) groups excluding carboxylic acids is 1. The predicted octanol–water partition coefficient (Wildman–Crippen LogP) is 3.64. The number of nitrogens with zero attached hydrogens (tertiary/aromatic N) is 2. The van der Waals surface area contributed by atoms with Crippen LogP contribution in [-0.2, 0) is 11.2 Å². The van der Waals surface area contributed by atoms with E-state index in [4.69, 9.17) is 0 Å². The highest BCUT2D eigenvalue weighted by molar-refractivity contribution is 5.80. The molecule has 0 heterocycles. The average Bonchev–Trinajstić information content (AvgIpc) is 2.56. The van der Waals surface area contributed by atoms with Gasteiger partial charge >= 0.3 is 0 Å². The summed E-state index contributed by atoms with van der Waals surface area (Å²) in [6.45, 7) is 1.67. The van der Waals surface area contributed by atoms with Crippen LogP contribution in [0, 0.1) is 21.7 Å². The molecule has 2 aromatic carbocycles. The maximum atomic E-state index is 13.3. The predicted molar refractivity (Wildman–Crippen MR) is 84.3 cm³/mol. The summed E-state index contributed by atoms with van der Waals surface area (Å²) in [6, 6.07) is 8.94. The quantitative estimate of drug-likeness (QED) is 0.619. The average molecular weight is 334 g/mol. The minimum absolute atomic E-state index is 0.125. The van der Waals surface area contributed by atoms with Crippen LogP contribution in [0.3, 0.4) is 0 Å². The molecule has 126 valence electrons. The van der Waals surface area contributed by atoms with Crippen molar-refractivity contribution >= 4 is 11.6 Å². The third-order valence-electron chi connectivity index (χ3n) is 3.93. The molecule has 2 rings (SSSR count). The molecule has 0 N–H and O–H groups in total. The Balaban J connectivity index is 2.17. The van der Waals surface area contributed by atoms with Gasteiger partial charge in [0, 0.05) is 18.7 Å². The summed E-state index contributed by atoms with van der Waals surface area (Å²) < 4.78 is 26.3. The van der Waals surface area contributed by atoms with Crippen molar-refractivity contribution in [2.24, 2.45) is 0 Å². The minimum atomic E-state index is -0.987. The summed E-state index contributed by atoms with van der Waals surface area (Å²) >= 11 is 0. The topological polar surface area (TPSA) is 63.5 Å². The standard InChI is InChI=1S/C17H16F2N2O3/c1-11(12-7-8-14(18)15(19)9-12)20(2)17(22)10-13-5-3-4-6-16(13)21(23)24/h3-9,11H,10H2,1-2H3. The Morgan fingerprint density at radius 2 is 1.88 bits per heavy atom. The number of likely N-dealkylation sites (N-methyl/N-ethyl adjacent to an activating group) is 1. The molecule has 7 heteroatoms. The highest BCUT2D eigenvalue weighted by Crippen LogP contribution is 2.23. The Morgan fingerprint density at radius 3 is 2.50 bits per heavy atom. The first-order chi connectivity index (χ1) is 11.3. The second-order valence-corrected chi connectivity index (χ2v) is 5.42. The molecular formula is C17H16F2N2O3. The number of hydrogen-bond donors (Lipinski definition) is 0. The van der Waals surface area contributed by atoms with Crippen molar-refractivity contribution in [2.75, 3.05) is 7.05 Å². The van der Waals surface area contributed by atoms with E-state index in [9.17, 15) is 23.7 Å². The fraction of sp³-hybridized carbons (Fsp3) is 0.235. The van der Waals surface area contributed by atoms with Crippen LogP contribution in [0.15, 0.2) is 42.5 Å². The Hall–Kier alpha value is -2.83. The van der Waals surface area contributed by atoms with Crippen molar-refractivity contribution in [3.05, 3.63) is 75.3 Å². The fourth-order valence-corrected chi connectivity index (χ4v) is 2.34. The maximum absolute atomic E-state index is 13.3. The van der Waals surface area contributed by atoms with Gasteiger partial charge in [0.2, 0.25) is 5.91 Å². The van der Waals surface area contributed by atoms with Gasteiger partial charge in [0.25, 0.3) is 5.69 Å². The van der Waals surface area contributed by atoms with Crippen molar-refractivity contribution < 1.29 is 18.5 Å². The number of amides is 1. The summed E-state index contributed by atoms with van der Waals surface area (Å²) in [5.74, 6) is -2.31. The first-order valence-electron chi connectivity index (χ1n) is 7.24. The zero-order chi connectivity index (χ0) is 17.9. The van der Waals surface area contributed by atoms with Crippen molar-refractivity contribution in [1.82, 2.24) is 4.90 Å². The van der Waals surface area contributed by atoms with E-state index in [0.29, 0.717) is 11.1 Å². The lowest BCUT2D eigenvalue weighted by atomic mass is 10.0. The molecule has 0 aromatic heterocycles. The molecule has 0 aliphatic rings. The summed E-state index contributed by atoms with van der Waals surface area (Å²) in [5.41, 5.74) is 0.615. The van der Waals surface area contributed by atoms with E-state index in [-0.39, 0.29) is 18.0 Å². The number of carbonyl (C=O) groups is 1. The van der Waals surface area contributed by atoms with E-state index in [1.54, 1.807) is 13.0 Å². The number of nitro benzene ring substituents is 1. The molecule has 0 radical (unpaired) electrons. The highest BCUT2D eigenvalue weighted by Gasteiger charge is 2.22. The lowest BCUT2D eigenvalue weighted by molar-refractivity contribution is -0.385. The highest BCUT2D eigenvalue weighted by atomic mass is 19.2. The van der Waals surface area contributed by atoms with Gasteiger partial charge in [0.05, 0.1) is 17.4 Å². The normalized spacial score (nSPS) is 11.8. The number of benzene rings is 2. The van der Waals surface area contributed by atoms with E-state index in [1.807, 2.05) is 0 Å².